The first-order valence-corrected chi connectivity index (χ1v) is 4.29. The zero-order valence-electron chi connectivity index (χ0n) is 6.71. The Morgan fingerprint density at radius 3 is 3.00 bits per heavy atom. The van der Waals surface area contributed by atoms with Crippen molar-refractivity contribution >= 4 is 27.5 Å². The number of aromatic amines is 1. The Balaban J connectivity index is 3.01. The van der Waals surface area contributed by atoms with Crippen LogP contribution in [0.15, 0.2) is 9.27 Å². The fourth-order valence-electron chi connectivity index (χ4n) is 1.03. The van der Waals surface area contributed by atoms with Crippen molar-refractivity contribution in [3.63, 3.8) is 0 Å². The number of anilines is 1. The Bertz CT molecular complexity index is 528. The van der Waals surface area contributed by atoms with E-state index in [-0.39, 0.29) is 15.8 Å². The molecule has 0 spiro atoms. The van der Waals surface area contributed by atoms with Gasteiger partial charge in [0.25, 0.3) is 5.56 Å². The number of nitrogen functional groups attached to an aromatic ring is 1. The van der Waals surface area contributed by atoms with Crippen molar-refractivity contribution in [2.24, 2.45) is 0 Å². The molecule has 0 aliphatic carbocycles. The minimum atomic E-state index is -0.308. The molecule has 2 aromatic heterocycles. The highest BCUT2D eigenvalue weighted by molar-refractivity contribution is 9.10. The minimum absolute atomic E-state index is 0.249. The summed E-state index contributed by atoms with van der Waals surface area (Å²) in [7, 11) is 0. The number of hydrogen-bond donors (Lipinski definition) is 2. The van der Waals surface area contributed by atoms with Gasteiger partial charge in [-0.15, -0.1) is 5.10 Å². The Labute approximate surface area is 80.9 Å². The van der Waals surface area contributed by atoms with Crippen LogP contribution in [0.4, 0.5) is 5.82 Å². The van der Waals surface area contributed by atoms with Crippen LogP contribution in [-0.4, -0.2) is 19.6 Å². The van der Waals surface area contributed by atoms with E-state index in [1.165, 1.54) is 4.52 Å². The molecule has 0 unspecified atom stereocenters. The Hall–Kier alpha value is -1.37. The zero-order valence-corrected chi connectivity index (χ0v) is 8.29. The molecule has 0 radical (unpaired) electrons. The molecule has 0 fully saturated rings. The van der Waals surface area contributed by atoms with Crippen LogP contribution >= 0.6 is 15.9 Å². The summed E-state index contributed by atoms with van der Waals surface area (Å²) in [6, 6.07) is 0. The van der Waals surface area contributed by atoms with Gasteiger partial charge in [-0.2, -0.15) is 9.50 Å². The summed E-state index contributed by atoms with van der Waals surface area (Å²) in [4.78, 5) is 17.7. The lowest BCUT2D eigenvalue weighted by Crippen LogP contribution is -2.14. The second kappa shape index (κ2) is 2.56. The van der Waals surface area contributed by atoms with Crippen LogP contribution in [0.1, 0.15) is 5.82 Å². The predicted octanol–water partition coefficient (Wildman–Crippen LogP) is 0.0707. The van der Waals surface area contributed by atoms with Gasteiger partial charge in [-0.05, 0) is 22.9 Å². The molecular weight excluding hydrogens is 238 g/mol. The highest BCUT2D eigenvalue weighted by Crippen LogP contribution is 2.13. The standard InChI is InChI=1S/C6H6BrN5O/c1-2-9-6-10-5(13)3(7)4(8)12(6)11-2/h8H2,1H3,(H,9,10,11,13). The monoisotopic (exact) mass is 243 g/mol. The molecule has 7 heteroatoms. The highest BCUT2D eigenvalue weighted by atomic mass is 79.9. The first kappa shape index (κ1) is 8.24. The largest absolute Gasteiger partial charge is 0.382 e. The average molecular weight is 244 g/mol. The van der Waals surface area contributed by atoms with Crippen LogP contribution in [0.2, 0.25) is 0 Å². The van der Waals surface area contributed by atoms with Crippen LogP contribution in [0.3, 0.4) is 0 Å². The maximum absolute atomic E-state index is 11.2. The van der Waals surface area contributed by atoms with Gasteiger partial charge >= 0.3 is 0 Å². The summed E-state index contributed by atoms with van der Waals surface area (Å²) in [6.45, 7) is 1.72. The van der Waals surface area contributed by atoms with Crippen molar-refractivity contribution < 1.29 is 0 Å². The summed E-state index contributed by atoms with van der Waals surface area (Å²) >= 11 is 3.05. The van der Waals surface area contributed by atoms with Gasteiger partial charge in [-0.25, -0.2) is 0 Å². The maximum atomic E-state index is 11.2. The number of rotatable bonds is 0. The van der Waals surface area contributed by atoms with Crippen LogP contribution in [0.25, 0.3) is 5.78 Å². The van der Waals surface area contributed by atoms with Crippen molar-refractivity contribution in [2.75, 3.05) is 5.73 Å². The Kier molecular flexibility index (Phi) is 1.62. The molecule has 2 rings (SSSR count). The third-order valence-corrected chi connectivity index (χ3v) is 2.36. The first-order chi connectivity index (χ1) is 6.09. The molecule has 0 aromatic carbocycles. The Morgan fingerprint density at radius 1 is 1.62 bits per heavy atom. The lowest BCUT2D eigenvalue weighted by Gasteiger charge is -1.98. The van der Waals surface area contributed by atoms with E-state index in [1.807, 2.05) is 0 Å². The summed E-state index contributed by atoms with van der Waals surface area (Å²) < 4.78 is 1.64. The summed E-state index contributed by atoms with van der Waals surface area (Å²) in [5, 5.41) is 4.00. The van der Waals surface area contributed by atoms with E-state index < -0.39 is 0 Å². The molecule has 0 amide bonds. The molecular formula is C6H6BrN5O. The number of aromatic nitrogens is 4. The fraction of sp³-hybridized carbons (Fsp3) is 0.167. The Morgan fingerprint density at radius 2 is 2.31 bits per heavy atom. The number of hydrogen-bond acceptors (Lipinski definition) is 4. The number of halogens is 1. The van der Waals surface area contributed by atoms with Crippen molar-refractivity contribution in [1.29, 1.82) is 0 Å². The van der Waals surface area contributed by atoms with E-state index in [0.29, 0.717) is 11.6 Å². The summed E-state index contributed by atoms with van der Waals surface area (Å²) in [5.74, 6) is 1.16. The van der Waals surface area contributed by atoms with Crippen LogP contribution in [-0.2, 0) is 0 Å². The van der Waals surface area contributed by atoms with E-state index in [1.54, 1.807) is 6.92 Å². The minimum Gasteiger partial charge on any atom is -0.382 e. The molecule has 0 aliphatic heterocycles. The molecule has 0 bridgehead atoms. The normalized spacial score (nSPS) is 10.9. The lowest BCUT2D eigenvalue weighted by atomic mass is 10.6. The van der Waals surface area contributed by atoms with Crippen molar-refractivity contribution in [1.82, 2.24) is 19.6 Å². The fourth-order valence-corrected chi connectivity index (χ4v) is 1.30. The van der Waals surface area contributed by atoms with Crippen molar-refractivity contribution in [2.45, 2.75) is 6.92 Å². The third kappa shape index (κ3) is 1.12. The molecule has 2 heterocycles. The topological polar surface area (TPSA) is 89.1 Å². The lowest BCUT2D eigenvalue weighted by molar-refractivity contribution is 0.916. The van der Waals surface area contributed by atoms with E-state index in [2.05, 4.69) is 31.0 Å². The van der Waals surface area contributed by atoms with Gasteiger partial charge in [0.15, 0.2) is 0 Å². The van der Waals surface area contributed by atoms with Crippen molar-refractivity contribution in [3.8, 4) is 0 Å². The molecule has 68 valence electrons. The molecule has 3 N–H and O–H groups in total. The summed E-state index contributed by atoms with van der Waals surface area (Å²) in [6.07, 6.45) is 0. The van der Waals surface area contributed by atoms with E-state index >= 15 is 0 Å². The zero-order chi connectivity index (χ0) is 9.59. The molecule has 0 aliphatic rings. The van der Waals surface area contributed by atoms with Gasteiger partial charge in [0.2, 0.25) is 5.78 Å². The van der Waals surface area contributed by atoms with Gasteiger partial charge in [-0.1, -0.05) is 0 Å². The second-order valence-electron chi connectivity index (χ2n) is 2.55. The maximum Gasteiger partial charge on any atom is 0.268 e. The second-order valence-corrected chi connectivity index (χ2v) is 3.34. The van der Waals surface area contributed by atoms with Crippen LogP contribution in [0.5, 0.6) is 0 Å². The number of nitrogens with two attached hydrogens (primary N) is 1. The molecule has 0 saturated carbocycles. The quantitative estimate of drug-likeness (QED) is 0.686. The average Bonchev–Trinajstić information content (AvgIpc) is 2.42. The molecule has 13 heavy (non-hydrogen) atoms. The van der Waals surface area contributed by atoms with Crippen LogP contribution < -0.4 is 11.3 Å². The first-order valence-electron chi connectivity index (χ1n) is 3.50. The molecule has 6 nitrogen and oxygen atoms in total. The smallest absolute Gasteiger partial charge is 0.268 e. The van der Waals surface area contributed by atoms with Gasteiger partial charge in [0.1, 0.15) is 16.1 Å². The number of nitrogens with one attached hydrogen (secondary N) is 1. The summed E-state index contributed by atoms with van der Waals surface area (Å²) in [5.41, 5.74) is 5.32. The molecule has 0 saturated heterocycles. The van der Waals surface area contributed by atoms with Crippen molar-refractivity contribution in [3.05, 3.63) is 20.7 Å². The van der Waals surface area contributed by atoms with E-state index in [9.17, 15) is 4.79 Å². The third-order valence-electron chi connectivity index (χ3n) is 1.59. The number of fused-ring (bicyclic) bond motifs is 1. The van der Waals surface area contributed by atoms with Gasteiger partial charge in [-0.3, -0.25) is 9.78 Å². The van der Waals surface area contributed by atoms with Gasteiger partial charge in [0.05, 0.1) is 0 Å². The molecule has 0 atom stereocenters. The predicted molar refractivity (Wildman–Crippen MR) is 50.5 cm³/mol. The van der Waals surface area contributed by atoms with Crippen LogP contribution in [0, 0.1) is 6.92 Å². The number of H-pyrrole nitrogens is 1. The number of nitrogens with zero attached hydrogens (tertiary/aromatic N) is 3. The van der Waals surface area contributed by atoms with Gasteiger partial charge < -0.3 is 5.73 Å². The van der Waals surface area contributed by atoms with E-state index in [0.717, 1.165) is 0 Å². The molecule has 2 aromatic rings. The number of aryl methyl sites for hydroxylation is 1. The van der Waals surface area contributed by atoms with Gasteiger partial charge in [0, 0.05) is 0 Å². The highest BCUT2D eigenvalue weighted by Gasteiger charge is 2.09. The SMILES string of the molecule is Cc1nc2[nH]c(=O)c(Br)c(N)n2n1. The van der Waals surface area contributed by atoms with E-state index in [4.69, 9.17) is 5.73 Å².